The maximum atomic E-state index is 12.9. The van der Waals surface area contributed by atoms with Gasteiger partial charge in [-0.3, -0.25) is 9.29 Å². The molecule has 4 aromatic rings. The third kappa shape index (κ3) is 4.96. The van der Waals surface area contributed by atoms with Gasteiger partial charge in [0.15, 0.2) is 5.76 Å². The van der Waals surface area contributed by atoms with Gasteiger partial charge < -0.3 is 13.9 Å². The molecule has 0 aliphatic carbocycles. The second kappa shape index (κ2) is 9.55. The van der Waals surface area contributed by atoms with Crippen molar-refractivity contribution in [2.24, 2.45) is 0 Å². The van der Waals surface area contributed by atoms with E-state index in [1.165, 1.54) is 25.0 Å². The van der Waals surface area contributed by atoms with Crippen molar-refractivity contribution in [2.45, 2.75) is 6.42 Å². The van der Waals surface area contributed by atoms with Crippen molar-refractivity contribution >= 4 is 27.6 Å². The Morgan fingerprint density at radius 2 is 1.70 bits per heavy atom. The third-order valence-electron chi connectivity index (χ3n) is 4.85. The van der Waals surface area contributed by atoms with Gasteiger partial charge in [0.2, 0.25) is 21.8 Å². The highest BCUT2D eigenvalue weighted by molar-refractivity contribution is 7.92. The van der Waals surface area contributed by atoms with Crippen LogP contribution in [0.1, 0.15) is 5.56 Å². The third-order valence-corrected chi connectivity index (χ3v) is 6.34. The molecule has 0 amide bonds. The minimum Gasteiger partial charge on any atom is -0.494 e. The topological polar surface area (TPSA) is 108 Å². The van der Waals surface area contributed by atoms with Crippen LogP contribution in [0, 0.1) is 0 Å². The minimum absolute atomic E-state index is 0.0275. The molecule has 4 rings (SSSR count). The minimum atomic E-state index is -3.79. The summed E-state index contributed by atoms with van der Waals surface area (Å²) in [4.78, 5) is 0. The van der Waals surface area contributed by atoms with Gasteiger partial charge >= 0.3 is 0 Å². The molecule has 0 radical (unpaired) electrons. The number of halogens is 1. The first-order chi connectivity index (χ1) is 15.9. The van der Waals surface area contributed by atoms with Gasteiger partial charge in [-0.05, 0) is 48.4 Å². The van der Waals surface area contributed by atoms with E-state index >= 15 is 0 Å². The molecule has 0 fully saturated rings. The highest BCUT2D eigenvalue weighted by Gasteiger charge is 2.26. The van der Waals surface area contributed by atoms with E-state index in [2.05, 4.69) is 14.9 Å². The standard InChI is InChI=1S/C22H21ClN4O5S/c1-30-17-5-3-6-18(31-2)20(17)27-21(19-7-4-13-32-19)24-25-22(27)26-33(28,29)14-12-15-8-10-16(23)11-9-15/h3-11,13H,12,14H2,1-2H3,(H,25,26). The van der Waals surface area contributed by atoms with E-state index in [0.717, 1.165) is 5.56 Å². The molecule has 2 aromatic heterocycles. The van der Waals surface area contributed by atoms with Crippen LogP contribution in [0.4, 0.5) is 5.95 Å². The number of para-hydroxylation sites is 1. The molecule has 1 N–H and O–H groups in total. The van der Waals surface area contributed by atoms with Gasteiger partial charge in [0, 0.05) is 5.02 Å². The quantitative estimate of drug-likeness (QED) is 0.376. The second-order valence-electron chi connectivity index (χ2n) is 6.97. The van der Waals surface area contributed by atoms with Gasteiger partial charge in [-0.2, -0.15) is 0 Å². The van der Waals surface area contributed by atoms with Crippen molar-refractivity contribution in [3.8, 4) is 28.8 Å². The molecule has 11 heteroatoms. The molecular weight excluding hydrogens is 468 g/mol. The van der Waals surface area contributed by atoms with Crippen molar-refractivity contribution in [1.29, 1.82) is 0 Å². The summed E-state index contributed by atoms with van der Waals surface area (Å²) in [5.41, 5.74) is 1.27. The molecule has 2 heterocycles. The number of hydrogen-bond donors (Lipinski definition) is 1. The van der Waals surface area contributed by atoms with Crippen LogP contribution >= 0.6 is 11.6 Å². The van der Waals surface area contributed by atoms with Crippen LogP contribution in [0.3, 0.4) is 0 Å². The van der Waals surface area contributed by atoms with E-state index in [1.54, 1.807) is 54.6 Å². The lowest BCUT2D eigenvalue weighted by atomic mass is 10.2. The summed E-state index contributed by atoms with van der Waals surface area (Å²) < 4.78 is 46.4. The zero-order chi connectivity index (χ0) is 23.4. The van der Waals surface area contributed by atoms with Gasteiger partial charge in [0.25, 0.3) is 0 Å². The average molecular weight is 489 g/mol. The summed E-state index contributed by atoms with van der Waals surface area (Å²) in [5, 5.41) is 8.84. The Balaban J connectivity index is 1.73. The first-order valence-corrected chi connectivity index (χ1v) is 11.9. The number of benzene rings is 2. The lowest BCUT2D eigenvalue weighted by Gasteiger charge is -2.17. The van der Waals surface area contributed by atoms with Crippen molar-refractivity contribution in [1.82, 2.24) is 14.8 Å². The van der Waals surface area contributed by atoms with Crippen molar-refractivity contribution in [3.63, 3.8) is 0 Å². The fourth-order valence-corrected chi connectivity index (χ4v) is 4.42. The van der Waals surface area contributed by atoms with E-state index in [9.17, 15) is 8.42 Å². The molecule has 0 bridgehead atoms. The highest BCUT2D eigenvalue weighted by Crippen LogP contribution is 2.37. The number of rotatable bonds is 9. The number of hydrogen-bond acceptors (Lipinski definition) is 7. The number of anilines is 1. The van der Waals surface area contributed by atoms with E-state index in [1.807, 2.05) is 0 Å². The Hall–Kier alpha value is -3.50. The van der Waals surface area contributed by atoms with Crippen molar-refractivity contribution in [3.05, 3.63) is 71.4 Å². The molecule has 0 aliphatic rings. The van der Waals surface area contributed by atoms with Gasteiger partial charge in [-0.1, -0.05) is 29.8 Å². The molecule has 2 aromatic carbocycles. The smallest absolute Gasteiger partial charge is 0.243 e. The number of sulfonamides is 1. The Morgan fingerprint density at radius 1 is 1.00 bits per heavy atom. The van der Waals surface area contributed by atoms with E-state index < -0.39 is 10.0 Å². The van der Waals surface area contributed by atoms with Crippen LogP contribution in [0.5, 0.6) is 11.5 Å². The van der Waals surface area contributed by atoms with Crippen LogP contribution in [0.2, 0.25) is 5.02 Å². The van der Waals surface area contributed by atoms with Gasteiger partial charge in [-0.25, -0.2) is 8.42 Å². The van der Waals surface area contributed by atoms with Crippen LogP contribution in [-0.2, 0) is 16.4 Å². The number of nitrogens with zero attached hydrogens (tertiary/aromatic N) is 3. The van der Waals surface area contributed by atoms with E-state index in [-0.39, 0.29) is 17.5 Å². The number of methoxy groups -OCH3 is 2. The molecular formula is C22H21ClN4O5S. The molecule has 0 spiro atoms. The number of furan rings is 1. The summed E-state index contributed by atoms with van der Waals surface area (Å²) in [6.45, 7) is 0. The number of ether oxygens (including phenoxy) is 2. The summed E-state index contributed by atoms with van der Waals surface area (Å²) >= 11 is 5.90. The predicted octanol–water partition coefficient (Wildman–Crippen LogP) is 4.18. The molecule has 9 nitrogen and oxygen atoms in total. The summed E-state index contributed by atoms with van der Waals surface area (Å²) in [7, 11) is -0.776. The first kappa shape index (κ1) is 22.7. The molecule has 0 saturated carbocycles. The zero-order valence-electron chi connectivity index (χ0n) is 17.9. The second-order valence-corrected chi connectivity index (χ2v) is 9.25. The van der Waals surface area contributed by atoms with E-state index in [0.29, 0.717) is 34.4 Å². The lowest BCUT2D eigenvalue weighted by molar-refractivity contribution is 0.391. The Bertz CT molecular complexity index is 1310. The highest BCUT2D eigenvalue weighted by atomic mass is 35.5. The molecule has 33 heavy (non-hydrogen) atoms. The van der Waals surface area contributed by atoms with Crippen LogP contribution in [0.25, 0.3) is 17.3 Å². The van der Waals surface area contributed by atoms with Crippen molar-refractivity contribution < 1.29 is 22.3 Å². The maximum Gasteiger partial charge on any atom is 0.243 e. The molecule has 0 saturated heterocycles. The number of aromatic nitrogens is 3. The average Bonchev–Trinajstić information content (AvgIpc) is 3.48. The SMILES string of the molecule is COc1cccc(OC)c1-n1c(NS(=O)(=O)CCc2ccc(Cl)cc2)nnc1-c1ccco1. The van der Waals surface area contributed by atoms with Crippen LogP contribution in [0.15, 0.2) is 65.3 Å². The fourth-order valence-electron chi connectivity index (χ4n) is 3.27. The molecule has 0 atom stereocenters. The number of nitrogens with one attached hydrogen (secondary N) is 1. The number of aryl methyl sites for hydroxylation is 1. The van der Waals surface area contributed by atoms with Crippen molar-refractivity contribution in [2.75, 3.05) is 24.7 Å². The Morgan fingerprint density at radius 3 is 2.30 bits per heavy atom. The summed E-state index contributed by atoms with van der Waals surface area (Å²) in [6.07, 6.45) is 1.79. The largest absolute Gasteiger partial charge is 0.494 e. The Labute approximate surface area is 196 Å². The normalized spacial score (nSPS) is 11.4. The van der Waals surface area contributed by atoms with Gasteiger partial charge in [0.05, 0.1) is 26.2 Å². The van der Waals surface area contributed by atoms with Gasteiger partial charge in [0.1, 0.15) is 17.2 Å². The van der Waals surface area contributed by atoms with E-state index in [4.69, 9.17) is 25.5 Å². The zero-order valence-corrected chi connectivity index (χ0v) is 19.4. The monoisotopic (exact) mass is 488 g/mol. The van der Waals surface area contributed by atoms with Gasteiger partial charge in [-0.15, -0.1) is 10.2 Å². The van der Waals surface area contributed by atoms with Crippen LogP contribution in [-0.4, -0.2) is 43.2 Å². The lowest BCUT2D eigenvalue weighted by Crippen LogP contribution is -2.21. The molecule has 172 valence electrons. The first-order valence-electron chi connectivity index (χ1n) is 9.87. The predicted molar refractivity (Wildman–Crippen MR) is 125 cm³/mol. The fraction of sp³-hybridized carbons (Fsp3) is 0.182. The molecule has 0 aliphatic heterocycles. The summed E-state index contributed by atoms with van der Waals surface area (Å²) in [5.74, 6) is 1.34. The molecule has 0 unspecified atom stereocenters. The Kier molecular flexibility index (Phi) is 6.57. The summed E-state index contributed by atoms with van der Waals surface area (Å²) in [6, 6.07) is 15.6. The maximum absolute atomic E-state index is 12.9. The van der Waals surface area contributed by atoms with Crippen LogP contribution < -0.4 is 14.2 Å².